The summed E-state index contributed by atoms with van der Waals surface area (Å²) in [7, 11) is 0. The zero-order valence-corrected chi connectivity index (χ0v) is 16.0. The maximum absolute atomic E-state index is 13.8. The molecule has 2 aromatic rings. The molecule has 0 amide bonds. The Morgan fingerprint density at radius 2 is 1.52 bits per heavy atom. The van der Waals surface area contributed by atoms with Crippen molar-refractivity contribution in [2.75, 3.05) is 6.61 Å². The van der Waals surface area contributed by atoms with Crippen LogP contribution in [0.15, 0.2) is 60.7 Å². The van der Waals surface area contributed by atoms with Crippen LogP contribution >= 0.6 is 0 Å². The van der Waals surface area contributed by atoms with Gasteiger partial charge >= 0.3 is 5.97 Å². The van der Waals surface area contributed by atoms with E-state index in [0.29, 0.717) is 18.4 Å². The van der Waals surface area contributed by atoms with Crippen molar-refractivity contribution in [2.45, 2.75) is 40.0 Å². The first-order chi connectivity index (χ1) is 13.0. The van der Waals surface area contributed by atoms with Crippen molar-refractivity contribution in [1.29, 1.82) is 0 Å². The van der Waals surface area contributed by atoms with Gasteiger partial charge in [-0.05, 0) is 36.5 Å². The lowest BCUT2D eigenvalue weighted by atomic mass is 9.79. The zero-order valence-electron chi connectivity index (χ0n) is 16.0. The third kappa shape index (κ3) is 4.82. The molecule has 0 aliphatic rings. The summed E-state index contributed by atoms with van der Waals surface area (Å²) < 4.78 is 32.8. The topological polar surface area (TPSA) is 26.3 Å². The van der Waals surface area contributed by atoms with Gasteiger partial charge < -0.3 is 4.74 Å². The van der Waals surface area contributed by atoms with Gasteiger partial charge in [0.15, 0.2) is 0 Å². The largest absolute Gasteiger partial charge is 0.465 e. The standard InChI is InChI=1S/C23H26F2O2/c1-4-23(5-2,22(26)27-6-3)16-20(21(24)25)19-14-12-18(13-15-19)17-10-8-7-9-11-17/h7-16,21H,4-6H2,1-3H3/b20-16+. The second-order valence-electron chi connectivity index (χ2n) is 6.43. The molecule has 0 fully saturated rings. The van der Waals surface area contributed by atoms with Crippen molar-refractivity contribution in [3.63, 3.8) is 0 Å². The van der Waals surface area contributed by atoms with Crippen molar-refractivity contribution in [3.05, 3.63) is 66.2 Å². The third-order valence-electron chi connectivity index (χ3n) is 4.94. The molecule has 0 bridgehead atoms. The second kappa shape index (κ2) is 9.45. The fourth-order valence-electron chi connectivity index (χ4n) is 3.13. The lowest BCUT2D eigenvalue weighted by Gasteiger charge is -2.27. The molecule has 4 heteroatoms. The van der Waals surface area contributed by atoms with Gasteiger partial charge in [-0.1, -0.05) is 74.5 Å². The lowest BCUT2D eigenvalue weighted by Crippen LogP contribution is -2.30. The average molecular weight is 372 g/mol. The molecule has 2 nitrogen and oxygen atoms in total. The van der Waals surface area contributed by atoms with E-state index in [1.54, 1.807) is 19.1 Å². The Morgan fingerprint density at radius 1 is 0.963 bits per heavy atom. The van der Waals surface area contributed by atoms with Crippen molar-refractivity contribution >= 4 is 11.5 Å². The van der Waals surface area contributed by atoms with E-state index in [-0.39, 0.29) is 12.2 Å². The summed E-state index contributed by atoms with van der Waals surface area (Å²) in [5.74, 6) is -0.450. The van der Waals surface area contributed by atoms with Gasteiger partial charge in [-0.3, -0.25) is 4.79 Å². The summed E-state index contributed by atoms with van der Waals surface area (Å²) in [5, 5.41) is 0. The highest BCUT2D eigenvalue weighted by atomic mass is 19.3. The summed E-state index contributed by atoms with van der Waals surface area (Å²) >= 11 is 0. The molecule has 0 saturated heterocycles. The van der Waals surface area contributed by atoms with E-state index in [0.717, 1.165) is 11.1 Å². The highest BCUT2D eigenvalue weighted by Gasteiger charge is 2.36. The predicted molar refractivity (Wildman–Crippen MR) is 106 cm³/mol. The first-order valence-electron chi connectivity index (χ1n) is 9.31. The molecule has 0 N–H and O–H groups in total. The number of rotatable bonds is 8. The molecule has 0 spiro atoms. The molecule has 0 radical (unpaired) electrons. The minimum Gasteiger partial charge on any atom is -0.465 e. The van der Waals surface area contributed by atoms with Gasteiger partial charge in [-0.25, -0.2) is 8.78 Å². The Hall–Kier alpha value is -2.49. The van der Waals surface area contributed by atoms with E-state index in [9.17, 15) is 13.6 Å². The fraction of sp³-hybridized carbons (Fsp3) is 0.348. The minimum atomic E-state index is -2.68. The van der Waals surface area contributed by atoms with Gasteiger partial charge in [0.1, 0.15) is 0 Å². The molecule has 0 aliphatic carbocycles. The summed E-state index contributed by atoms with van der Waals surface area (Å²) in [4.78, 5) is 12.4. The predicted octanol–water partition coefficient (Wildman–Crippen LogP) is 6.37. The molecule has 0 atom stereocenters. The smallest absolute Gasteiger partial charge is 0.315 e. The summed E-state index contributed by atoms with van der Waals surface area (Å²) in [6, 6.07) is 16.8. The molecule has 0 aromatic heterocycles. The first kappa shape index (κ1) is 20.8. The van der Waals surface area contributed by atoms with Crippen LogP contribution in [0.5, 0.6) is 0 Å². The normalized spacial score (nSPS) is 12.3. The van der Waals surface area contributed by atoms with Crippen LogP contribution in [0.25, 0.3) is 16.7 Å². The number of hydrogen-bond acceptors (Lipinski definition) is 2. The first-order valence-corrected chi connectivity index (χ1v) is 9.31. The number of ether oxygens (including phenoxy) is 1. The molecule has 2 rings (SSSR count). The Labute approximate surface area is 159 Å². The van der Waals surface area contributed by atoms with E-state index in [1.165, 1.54) is 6.08 Å². The van der Waals surface area contributed by atoms with Crippen LogP contribution < -0.4 is 0 Å². The Balaban J connectivity index is 2.44. The van der Waals surface area contributed by atoms with E-state index < -0.39 is 17.8 Å². The van der Waals surface area contributed by atoms with Crippen molar-refractivity contribution < 1.29 is 18.3 Å². The van der Waals surface area contributed by atoms with Gasteiger partial charge in [0.05, 0.1) is 12.0 Å². The van der Waals surface area contributed by atoms with Crippen LogP contribution in [0.1, 0.15) is 39.2 Å². The molecule has 0 heterocycles. The van der Waals surface area contributed by atoms with Gasteiger partial charge in [-0.15, -0.1) is 0 Å². The number of esters is 1. The maximum atomic E-state index is 13.8. The molecule has 0 unspecified atom stereocenters. The quantitative estimate of drug-likeness (QED) is 0.503. The Morgan fingerprint density at radius 3 is 2.00 bits per heavy atom. The van der Waals surface area contributed by atoms with Crippen molar-refractivity contribution in [1.82, 2.24) is 0 Å². The summed E-state index contributed by atoms with van der Waals surface area (Å²) in [6.45, 7) is 5.58. The maximum Gasteiger partial charge on any atom is 0.315 e. The van der Waals surface area contributed by atoms with Crippen LogP contribution in [0.3, 0.4) is 0 Å². The number of hydrogen-bond donors (Lipinski definition) is 0. The van der Waals surface area contributed by atoms with E-state index >= 15 is 0 Å². The fourth-order valence-corrected chi connectivity index (χ4v) is 3.13. The van der Waals surface area contributed by atoms with Crippen LogP contribution in [-0.4, -0.2) is 19.0 Å². The third-order valence-corrected chi connectivity index (χ3v) is 4.94. The Kier molecular flexibility index (Phi) is 7.28. The zero-order chi connectivity index (χ0) is 19.9. The highest BCUT2D eigenvalue weighted by molar-refractivity contribution is 5.83. The van der Waals surface area contributed by atoms with E-state index in [4.69, 9.17) is 4.74 Å². The molecule has 27 heavy (non-hydrogen) atoms. The summed E-state index contributed by atoms with van der Waals surface area (Å²) in [6.07, 6.45) is -0.464. The summed E-state index contributed by atoms with van der Waals surface area (Å²) in [5.41, 5.74) is 1.22. The number of halogens is 2. The van der Waals surface area contributed by atoms with Gasteiger partial charge in [0.25, 0.3) is 6.43 Å². The number of carbonyl (C=O) groups is 1. The molecular formula is C23H26F2O2. The molecule has 2 aromatic carbocycles. The van der Waals surface area contributed by atoms with Crippen LogP contribution in [0.4, 0.5) is 8.78 Å². The second-order valence-corrected chi connectivity index (χ2v) is 6.43. The van der Waals surface area contributed by atoms with Crippen LogP contribution in [-0.2, 0) is 9.53 Å². The van der Waals surface area contributed by atoms with Gasteiger partial charge in [0, 0.05) is 5.57 Å². The minimum absolute atomic E-state index is 0.133. The Bertz CT molecular complexity index is 761. The average Bonchev–Trinajstić information content (AvgIpc) is 2.70. The lowest BCUT2D eigenvalue weighted by molar-refractivity contribution is -0.152. The van der Waals surface area contributed by atoms with Crippen LogP contribution in [0.2, 0.25) is 0 Å². The van der Waals surface area contributed by atoms with Crippen molar-refractivity contribution in [3.8, 4) is 11.1 Å². The molecule has 0 saturated carbocycles. The van der Waals surface area contributed by atoms with E-state index in [2.05, 4.69) is 0 Å². The van der Waals surface area contributed by atoms with Gasteiger partial charge in [-0.2, -0.15) is 0 Å². The van der Waals surface area contributed by atoms with Crippen LogP contribution in [0, 0.1) is 5.41 Å². The van der Waals surface area contributed by atoms with Crippen molar-refractivity contribution in [2.24, 2.45) is 5.41 Å². The van der Waals surface area contributed by atoms with Gasteiger partial charge in [0.2, 0.25) is 0 Å². The number of alkyl halides is 2. The molecule has 0 aliphatic heterocycles. The van der Waals surface area contributed by atoms with E-state index in [1.807, 2.05) is 56.3 Å². The molecular weight excluding hydrogens is 346 g/mol. The monoisotopic (exact) mass is 372 g/mol. The molecule has 144 valence electrons. The highest BCUT2D eigenvalue weighted by Crippen LogP contribution is 2.36. The SMILES string of the molecule is CCOC(=O)C(/C=C(\c1ccc(-c2ccccc2)cc1)C(F)F)(CC)CC. The number of allylic oxidation sites excluding steroid dienone is 1. The number of benzene rings is 2. The number of carbonyl (C=O) groups excluding carboxylic acids is 1.